The highest BCUT2D eigenvalue weighted by molar-refractivity contribution is 5.71. The van der Waals surface area contributed by atoms with Gasteiger partial charge in [0.05, 0.1) is 30.2 Å². The van der Waals surface area contributed by atoms with E-state index >= 15 is 0 Å². The fourth-order valence-corrected chi connectivity index (χ4v) is 4.15. The molecule has 2 heterocycles. The Balaban J connectivity index is 1.91. The van der Waals surface area contributed by atoms with E-state index in [1.54, 1.807) is 6.07 Å². The zero-order valence-corrected chi connectivity index (χ0v) is 21.2. The van der Waals surface area contributed by atoms with Crippen LogP contribution in [-0.2, 0) is 19.1 Å². The van der Waals surface area contributed by atoms with Crippen LogP contribution in [0.25, 0.3) is 22.6 Å². The zero-order valence-electron chi connectivity index (χ0n) is 21.2. The molecule has 4 rings (SSSR count). The van der Waals surface area contributed by atoms with E-state index in [9.17, 15) is 32.0 Å². The molecule has 0 aliphatic rings. The van der Waals surface area contributed by atoms with Gasteiger partial charge in [-0.25, -0.2) is 8.78 Å². The number of aryl methyl sites for hydroxylation is 1. The maximum atomic E-state index is 14.4. The van der Waals surface area contributed by atoms with Gasteiger partial charge in [-0.3, -0.25) is 9.36 Å². The number of pyridine rings is 1. The number of aromatic nitrogens is 1. The lowest BCUT2D eigenvalue weighted by molar-refractivity contribution is -0.137. The lowest BCUT2D eigenvalue weighted by atomic mass is 10.0. The second-order valence-corrected chi connectivity index (χ2v) is 9.14. The van der Waals surface area contributed by atoms with Crippen LogP contribution in [0, 0.1) is 23.0 Å². The SMILES string of the molecule is CCc1cc(OC(C)C)cc(-c2coc(-c3cc(C(F)(F)F)c(C#N)c(=O)n3Cc3ccc(F)cc3F)c2)c1. The van der Waals surface area contributed by atoms with Crippen LogP contribution in [0.1, 0.15) is 43.0 Å². The number of furan rings is 1. The van der Waals surface area contributed by atoms with Crippen molar-refractivity contribution in [2.45, 2.75) is 46.0 Å². The van der Waals surface area contributed by atoms with E-state index in [-0.39, 0.29) is 23.1 Å². The van der Waals surface area contributed by atoms with Crippen molar-refractivity contribution in [3.05, 3.63) is 99.0 Å². The number of hydrogen-bond donors (Lipinski definition) is 0. The maximum absolute atomic E-state index is 14.4. The van der Waals surface area contributed by atoms with Crippen LogP contribution in [0.4, 0.5) is 22.0 Å². The standard InChI is InChI=1S/C29H23F5N2O3/c1-4-17-7-19(9-22(8-17)39-16(2)3)20-10-27(38-15-20)26-12-24(29(32,33)34)23(13-35)28(37)36(26)14-18-5-6-21(30)11-25(18)31/h5-12,15-16H,4,14H2,1-3H3. The summed E-state index contributed by atoms with van der Waals surface area (Å²) >= 11 is 0. The fraction of sp³-hybridized carbons (Fsp3) is 0.241. The van der Waals surface area contributed by atoms with Gasteiger partial charge >= 0.3 is 6.18 Å². The molecule has 5 nitrogen and oxygen atoms in total. The first-order valence-corrected chi connectivity index (χ1v) is 12.0. The van der Waals surface area contributed by atoms with Gasteiger partial charge in [0.2, 0.25) is 0 Å². The first-order valence-electron chi connectivity index (χ1n) is 12.0. The van der Waals surface area contributed by atoms with E-state index in [2.05, 4.69) is 0 Å². The number of hydrogen-bond acceptors (Lipinski definition) is 4. The Kier molecular flexibility index (Phi) is 7.63. The smallest absolute Gasteiger partial charge is 0.417 e. The Morgan fingerprint density at radius 1 is 1.05 bits per heavy atom. The molecule has 0 radical (unpaired) electrons. The highest BCUT2D eigenvalue weighted by Gasteiger charge is 2.37. The van der Waals surface area contributed by atoms with Crippen LogP contribution in [0.5, 0.6) is 5.75 Å². The van der Waals surface area contributed by atoms with E-state index in [1.807, 2.05) is 32.9 Å². The minimum atomic E-state index is -5.02. The molecule has 10 heteroatoms. The van der Waals surface area contributed by atoms with Gasteiger partial charge in [-0.05, 0) is 61.7 Å². The van der Waals surface area contributed by atoms with Gasteiger partial charge in [0.15, 0.2) is 5.76 Å². The van der Waals surface area contributed by atoms with Crippen molar-refractivity contribution in [1.29, 1.82) is 5.26 Å². The van der Waals surface area contributed by atoms with Crippen LogP contribution < -0.4 is 10.3 Å². The predicted octanol–water partition coefficient (Wildman–Crippen LogP) is 7.34. The molecule has 2 aromatic carbocycles. The first-order chi connectivity index (χ1) is 18.4. The summed E-state index contributed by atoms with van der Waals surface area (Å²) in [5.74, 6) is -1.38. The van der Waals surface area contributed by atoms with Crippen molar-refractivity contribution < 1.29 is 31.1 Å². The number of halogens is 5. The lowest BCUT2D eigenvalue weighted by Crippen LogP contribution is -2.29. The molecular weight excluding hydrogens is 519 g/mol. The van der Waals surface area contributed by atoms with Crippen molar-refractivity contribution in [2.24, 2.45) is 0 Å². The average Bonchev–Trinajstić information content (AvgIpc) is 3.35. The summed E-state index contributed by atoms with van der Waals surface area (Å²) in [7, 11) is 0. The molecule has 0 fully saturated rings. The molecule has 0 unspecified atom stereocenters. The zero-order chi connectivity index (χ0) is 28.5. The molecule has 0 saturated heterocycles. The molecule has 0 aliphatic heterocycles. The summed E-state index contributed by atoms with van der Waals surface area (Å²) in [4.78, 5) is 13.1. The third kappa shape index (κ3) is 5.87. The average molecular weight is 543 g/mol. The van der Waals surface area contributed by atoms with Gasteiger partial charge in [0.25, 0.3) is 5.56 Å². The van der Waals surface area contributed by atoms with Crippen LogP contribution in [-0.4, -0.2) is 10.7 Å². The topological polar surface area (TPSA) is 68.2 Å². The monoisotopic (exact) mass is 542 g/mol. The number of nitriles is 1. The molecule has 202 valence electrons. The van der Waals surface area contributed by atoms with Crippen molar-refractivity contribution >= 4 is 0 Å². The van der Waals surface area contributed by atoms with Crippen LogP contribution in [0.15, 0.2) is 64.0 Å². The van der Waals surface area contributed by atoms with E-state index < -0.39 is 41.0 Å². The second kappa shape index (κ2) is 10.8. The normalized spacial score (nSPS) is 11.6. The van der Waals surface area contributed by atoms with Crippen molar-refractivity contribution in [2.75, 3.05) is 0 Å². The largest absolute Gasteiger partial charge is 0.491 e. The molecule has 2 aromatic heterocycles. The third-order valence-corrected chi connectivity index (χ3v) is 5.99. The minimum absolute atomic E-state index is 0.0920. The van der Waals surface area contributed by atoms with Crippen molar-refractivity contribution in [1.82, 2.24) is 4.57 Å². The summed E-state index contributed by atoms with van der Waals surface area (Å²) < 4.78 is 81.6. The molecule has 0 atom stereocenters. The fourth-order valence-electron chi connectivity index (χ4n) is 4.15. The predicted molar refractivity (Wildman–Crippen MR) is 134 cm³/mol. The van der Waals surface area contributed by atoms with Gasteiger partial charge in [-0.1, -0.05) is 19.1 Å². The van der Waals surface area contributed by atoms with Crippen LogP contribution in [0.3, 0.4) is 0 Å². The van der Waals surface area contributed by atoms with Crippen LogP contribution >= 0.6 is 0 Å². The van der Waals surface area contributed by atoms with Gasteiger partial charge < -0.3 is 9.15 Å². The first kappa shape index (κ1) is 27.6. The summed E-state index contributed by atoms with van der Waals surface area (Å²) in [6.45, 7) is 5.14. The highest BCUT2D eigenvalue weighted by atomic mass is 19.4. The number of rotatable bonds is 7. The van der Waals surface area contributed by atoms with E-state index in [0.717, 1.165) is 22.3 Å². The minimum Gasteiger partial charge on any atom is -0.491 e. The van der Waals surface area contributed by atoms with Crippen molar-refractivity contribution in [3.8, 4) is 34.4 Å². The number of ether oxygens (including phenoxy) is 1. The quantitative estimate of drug-likeness (QED) is 0.229. The Bertz CT molecular complexity index is 1630. The Hall–Kier alpha value is -4.39. The maximum Gasteiger partial charge on any atom is 0.417 e. The molecule has 0 N–H and O–H groups in total. The molecule has 4 aromatic rings. The molecular formula is C29H23F5N2O3. The number of alkyl halides is 3. The molecule has 0 saturated carbocycles. The summed E-state index contributed by atoms with van der Waals surface area (Å²) in [5, 5.41) is 9.37. The number of benzene rings is 2. The highest BCUT2D eigenvalue weighted by Crippen LogP contribution is 2.36. The molecule has 39 heavy (non-hydrogen) atoms. The van der Waals surface area contributed by atoms with E-state index in [4.69, 9.17) is 9.15 Å². The van der Waals surface area contributed by atoms with E-state index in [1.165, 1.54) is 18.4 Å². The number of nitrogens with zero attached hydrogens (tertiary/aromatic N) is 2. The summed E-state index contributed by atoms with van der Waals surface area (Å²) in [5.41, 5.74) is -2.25. The van der Waals surface area contributed by atoms with E-state index in [0.29, 0.717) is 35.4 Å². The molecule has 0 amide bonds. The third-order valence-electron chi connectivity index (χ3n) is 5.99. The Labute approximate surface area is 220 Å². The van der Waals surface area contributed by atoms with Crippen LogP contribution in [0.2, 0.25) is 0 Å². The van der Waals surface area contributed by atoms with Gasteiger partial charge in [-0.15, -0.1) is 0 Å². The van der Waals surface area contributed by atoms with Gasteiger partial charge in [0.1, 0.15) is 29.0 Å². The molecule has 0 bridgehead atoms. The second-order valence-electron chi connectivity index (χ2n) is 9.14. The van der Waals surface area contributed by atoms with Crippen molar-refractivity contribution in [3.63, 3.8) is 0 Å². The Morgan fingerprint density at radius 2 is 1.79 bits per heavy atom. The summed E-state index contributed by atoms with van der Waals surface area (Å²) in [6.07, 6.45) is -3.10. The summed E-state index contributed by atoms with van der Waals surface area (Å²) in [6, 6.07) is 11.5. The van der Waals surface area contributed by atoms with Gasteiger partial charge in [0, 0.05) is 17.2 Å². The lowest BCUT2D eigenvalue weighted by Gasteiger charge is -2.16. The molecule has 0 spiro atoms. The Morgan fingerprint density at radius 3 is 2.41 bits per heavy atom. The van der Waals surface area contributed by atoms with Gasteiger partial charge in [-0.2, -0.15) is 18.4 Å². The molecule has 0 aliphatic carbocycles.